The minimum atomic E-state index is -0.242. The van der Waals surface area contributed by atoms with Gasteiger partial charge in [-0.25, -0.2) is 4.98 Å². The van der Waals surface area contributed by atoms with E-state index in [0.29, 0.717) is 17.1 Å². The van der Waals surface area contributed by atoms with Crippen molar-refractivity contribution in [3.63, 3.8) is 0 Å². The first kappa shape index (κ1) is 17.4. The van der Waals surface area contributed by atoms with Crippen LogP contribution in [0, 0.1) is 0 Å². The maximum atomic E-state index is 12.5. The number of ether oxygens (including phenoxy) is 1. The lowest BCUT2D eigenvalue weighted by Gasteiger charge is -2.10. The molecule has 0 aliphatic heterocycles. The summed E-state index contributed by atoms with van der Waals surface area (Å²) in [5.74, 6) is -0.242. The monoisotopic (exact) mass is 388 g/mol. The molecule has 0 spiro atoms. The van der Waals surface area contributed by atoms with Crippen molar-refractivity contribution < 1.29 is 9.53 Å². The van der Waals surface area contributed by atoms with E-state index in [-0.39, 0.29) is 18.1 Å². The van der Waals surface area contributed by atoms with E-state index in [2.05, 4.69) is 11.1 Å². The Hall–Kier alpha value is -1.99. The summed E-state index contributed by atoms with van der Waals surface area (Å²) >= 11 is 3.29. The minimum Gasteiger partial charge on any atom is -0.459 e. The molecule has 7 heteroatoms. The average Bonchev–Trinajstić information content (AvgIpc) is 3.27. The van der Waals surface area contributed by atoms with Crippen molar-refractivity contribution in [2.24, 2.45) is 0 Å². The third-order valence-corrected chi connectivity index (χ3v) is 6.66. The van der Waals surface area contributed by atoms with Crippen LogP contribution in [0.15, 0.2) is 28.4 Å². The van der Waals surface area contributed by atoms with Crippen LogP contribution in [-0.4, -0.2) is 15.4 Å². The highest BCUT2D eigenvalue weighted by Gasteiger charge is 2.18. The predicted molar refractivity (Wildman–Crippen MR) is 103 cm³/mol. The highest BCUT2D eigenvalue weighted by molar-refractivity contribution is 7.17. The summed E-state index contributed by atoms with van der Waals surface area (Å²) in [5.41, 5.74) is 1.57. The average molecular weight is 389 g/mol. The van der Waals surface area contributed by atoms with Gasteiger partial charge < -0.3 is 4.74 Å². The number of carbonyl (C=O) groups is 1. The molecule has 0 N–H and O–H groups in total. The van der Waals surface area contributed by atoms with E-state index in [0.717, 1.165) is 37.8 Å². The van der Waals surface area contributed by atoms with Crippen LogP contribution in [-0.2, 0) is 35.4 Å². The van der Waals surface area contributed by atoms with Gasteiger partial charge in [-0.15, -0.1) is 22.7 Å². The summed E-state index contributed by atoms with van der Waals surface area (Å²) < 4.78 is 7.04. The Morgan fingerprint density at radius 1 is 1.31 bits per heavy atom. The first-order chi connectivity index (χ1) is 12.7. The number of aryl methyl sites for hydroxylation is 3. The van der Waals surface area contributed by atoms with E-state index in [1.807, 2.05) is 11.4 Å². The number of carbonyl (C=O) groups excluding carboxylic acids is 1. The van der Waals surface area contributed by atoms with Gasteiger partial charge in [0, 0.05) is 27.9 Å². The molecular formula is C19H20N2O3S2. The van der Waals surface area contributed by atoms with Crippen molar-refractivity contribution in [3.05, 3.63) is 55.1 Å². The van der Waals surface area contributed by atoms with Gasteiger partial charge in [0.15, 0.2) is 4.96 Å². The SMILES string of the molecule is O=C(CCCc1cccs1)OCc1cc(=O)n2c3c(sc2n1)CCCC3. The maximum Gasteiger partial charge on any atom is 0.306 e. The van der Waals surface area contributed by atoms with Crippen LogP contribution in [0.1, 0.15) is 46.8 Å². The van der Waals surface area contributed by atoms with Crippen LogP contribution in [0.25, 0.3) is 4.96 Å². The predicted octanol–water partition coefficient (Wildman–Crippen LogP) is 3.76. The molecule has 0 amide bonds. The van der Waals surface area contributed by atoms with Gasteiger partial charge in [0.1, 0.15) is 6.61 Å². The zero-order chi connectivity index (χ0) is 17.9. The number of thiophene rings is 1. The number of esters is 1. The summed E-state index contributed by atoms with van der Waals surface area (Å²) in [6, 6.07) is 5.58. The Morgan fingerprint density at radius 2 is 2.19 bits per heavy atom. The Morgan fingerprint density at radius 3 is 3.04 bits per heavy atom. The lowest BCUT2D eigenvalue weighted by atomic mass is 10.0. The topological polar surface area (TPSA) is 60.7 Å². The Balaban J connectivity index is 1.38. The molecule has 26 heavy (non-hydrogen) atoms. The number of aromatic nitrogens is 2. The Labute approximate surface area is 159 Å². The molecule has 1 aliphatic rings. The molecule has 3 aromatic heterocycles. The zero-order valence-corrected chi connectivity index (χ0v) is 16.0. The molecule has 0 radical (unpaired) electrons. The normalized spacial score (nSPS) is 13.7. The van der Waals surface area contributed by atoms with Crippen LogP contribution in [0.3, 0.4) is 0 Å². The minimum absolute atomic E-state index is 0.0616. The van der Waals surface area contributed by atoms with Crippen molar-refractivity contribution in [2.45, 2.75) is 51.6 Å². The molecule has 0 saturated heterocycles. The molecule has 3 heterocycles. The third kappa shape index (κ3) is 3.73. The highest BCUT2D eigenvalue weighted by Crippen LogP contribution is 2.28. The summed E-state index contributed by atoms with van der Waals surface area (Å²) in [5, 5.41) is 2.04. The van der Waals surface area contributed by atoms with Crippen LogP contribution in [0.2, 0.25) is 0 Å². The van der Waals surface area contributed by atoms with Gasteiger partial charge in [-0.3, -0.25) is 14.0 Å². The molecule has 3 aromatic rings. The van der Waals surface area contributed by atoms with Crippen molar-refractivity contribution in [3.8, 4) is 0 Å². The van der Waals surface area contributed by atoms with Crippen molar-refractivity contribution in [1.82, 2.24) is 9.38 Å². The van der Waals surface area contributed by atoms with Crippen molar-refractivity contribution in [2.75, 3.05) is 0 Å². The number of rotatable bonds is 6. The standard InChI is InChI=1S/C19H20N2O3S2/c22-17-11-13(12-24-18(23)9-3-5-14-6-4-10-25-14)20-19-21(17)15-7-1-2-8-16(15)26-19/h4,6,10-11H,1-3,5,7-9,12H2. The van der Waals surface area contributed by atoms with E-state index in [4.69, 9.17) is 4.74 Å². The molecule has 5 nitrogen and oxygen atoms in total. The van der Waals surface area contributed by atoms with Gasteiger partial charge in [-0.1, -0.05) is 6.07 Å². The highest BCUT2D eigenvalue weighted by atomic mass is 32.1. The van der Waals surface area contributed by atoms with Crippen LogP contribution in [0.5, 0.6) is 0 Å². The second kappa shape index (κ2) is 7.72. The molecule has 1 aliphatic carbocycles. The van der Waals surface area contributed by atoms with Crippen LogP contribution in [0.4, 0.5) is 0 Å². The fourth-order valence-corrected chi connectivity index (χ4v) is 5.29. The Bertz CT molecular complexity index is 973. The fraction of sp³-hybridized carbons (Fsp3) is 0.421. The van der Waals surface area contributed by atoms with E-state index in [1.165, 1.54) is 22.2 Å². The largest absolute Gasteiger partial charge is 0.459 e. The van der Waals surface area contributed by atoms with Gasteiger partial charge >= 0.3 is 5.97 Å². The van der Waals surface area contributed by atoms with Crippen molar-refractivity contribution >= 4 is 33.6 Å². The summed E-state index contributed by atoms with van der Waals surface area (Å²) in [6.45, 7) is 0.0616. The third-order valence-electron chi connectivity index (χ3n) is 4.58. The molecule has 0 fully saturated rings. The summed E-state index contributed by atoms with van der Waals surface area (Å²) in [4.78, 5) is 32.2. The van der Waals surface area contributed by atoms with E-state index < -0.39 is 0 Å². The molecular weight excluding hydrogens is 368 g/mol. The van der Waals surface area contributed by atoms with Gasteiger partial charge in [-0.2, -0.15) is 0 Å². The lowest BCUT2D eigenvalue weighted by molar-refractivity contribution is -0.145. The number of thiazole rings is 1. The molecule has 0 bridgehead atoms. The van der Waals surface area contributed by atoms with Gasteiger partial charge in [0.2, 0.25) is 0 Å². The van der Waals surface area contributed by atoms with Crippen LogP contribution >= 0.6 is 22.7 Å². The maximum absolute atomic E-state index is 12.5. The number of hydrogen-bond donors (Lipinski definition) is 0. The smallest absolute Gasteiger partial charge is 0.306 e. The van der Waals surface area contributed by atoms with Crippen molar-refractivity contribution in [1.29, 1.82) is 0 Å². The number of nitrogens with zero attached hydrogens (tertiary/aromatic N) is 2. The van der Waals surface area contributed by atoms with Gasteiger partial charge in [0.05, 0.1) is 5.69 Å². The second-order valence-electron chi connectivity index (χ2n) is 6.48. The zero-order valence-electron chi connectivity index (χ0n) is 14.4. The number of fused-ring (bicyclic) bond motifs is 3. The second-order valence-corrected chi connectivity index (χ2v) is 8.57. The Kier molecular flexibility index (Phi) is 5.17. The molecule has 0 aromatic carbocycles. The molecule has 136 valence electrons. The van der Waals surface area contributed by atoms with Gasteiger partial charge in [-0.05, 0) is 50.0 Å². The van der Waals surface area contributed by atoms with Gasteiger partial charge in [0.25, 0.3) is 5.56 Å². The first-order valence-corrected chi connectivity index (χ1v) is 10.6. The van der Waals surface area contributed by atoms with Crippen LogP contribution < -0.4 is 5.56 Å². The van der Waals surface area contributed by atoms with E-state index in [1.54, 1.807) is 27.1 Å². The molecule has 0 atom stereocenters. The summed E-state index contributed by atoms with van der Waals surface area (Å²) in [7, 11) is 0. The number of hydrogen-bond acceptors (Lipinski definition) is 6. The van der Waals surface area contributed by atoms with E-state index in [9.17, 15) is 9.59 Å². The van der Waals surface area contributed by atoms with E-state index >= 15 is 0 Å². The molecule has 0 saturated carbocycles. The summed E-state index contributed by atoms with van der Waals surface area (Å²) in [6.07, 6.45) is 6.30. The quantitative estimate of drug-likeness (QED) is 0.603. The molecule has 0 unspecified atom stereocenters. The fourth-order valence-electron chi connectivity index (χ4n) is 3.30. The molecule has 4 rings (SSSR count). The first-order valence-electron chi connectivity index (χ1n) is 8.92. The lowest BCUT2D eigenvalue weighted by Crippen LogP contribution is -2.18.